The lowest BCUT2D eigenvalue weighted by Gasteiger charge is -2.08. The number of aromatic hydroxyl groups is 1. The molecule has 0 aliphatic carbocycles. The average molecular weight is 417 g/mol. The van der Waals surface area contributed by atoms with Gasteiger partial charge in [0.15, 0.2) is 0 Å². The fourth-order valence-corrected chi connectivity index (χ4v) is 2.95. The van der Waals surface area contributed by atoms with Crippen LogP contribution in [0, 0.1) is 0 Å². The Morgan fingerprint density at radius 1 is 1.03 bits per heavy atom. The van der Waals surface area contributed by atoms with Crippen molar-refractivity contribution in [2.45, 2.75) is 0 Å². The number of amides is 1. The third kappa shape index (κ3) is 4.48. The maximum absolute atomic E-state index is 13.0. The van der Waals surface area contributed by atoms with Gasteiger partial charge in [0.1, 0.15) is 34.2 Å². The number of rotatable bonds is 5. The van der Waals surface area contributed by atoms with Gasteiger partial charge in [0, 0.05) is 35.8 Å². The lowest BCUT2D eigenvalue weighted by Crippen LogP contribution is -2.22. The number of nitrogens with one attached hydrogen (secondary N) is 1. The third-order valence-electron chi connectivity index (χ3n) is 4.45. The molecule has 31 heavy (non-hydrogen) atoms. The van der Waals surface area contributed by atoms with Crippen LogP contribution in [0.25, 0.3) is 11.0 Å². The standard InChI is InChI=1S/C23H19N3O5/c1-29-17-10-15(11-18(13-17)30-2)25-23-19(22(28)26-21-5-3-4-8-24-21)9-14-6-7-16(27)12-20(14)31-23/h3-13,27H,1-2H3,(H,24,26,28). The van der Waals surface area contributed by atoms with E-state index in [1.54, 1.807) is 54.7 Å². The van der Waals surface area contributed by atoms with Crippen molar-refractivity contribution in [1.29, 1.82) is 0 Å². The summed E-state index contributed by atoms with van der Waals surface area (Å²) in [5.74, 6) is 1.07. The van der Waals surface area contributed by atoms with E-state index in [0.29, 0.717) is 34.0 Å². The number of hydrogen-bond donors (Lipinski definition) is 2. The molecule has 156 valence electrons. The average Bonchev–Trinajstić information content (AvgIpc) is 2.78. The van der Waals surface area contributed by atoms with Gasteiger partial charge in [-0.3, -0.25) is 4.79 Å². The smallest absolute Gasteiger partial charge is 0.262 e. The van der Waals surface area contributed by atoms with Crippen molar-refractivity contribution in [1.82, 2.24) is 4.98 Å². The van der Waals surface area contributed by atoms with Crippen molar-refractivity contribution in [3.8, 4) is 17.2 Å². The van der Waals surface area contributed by atoms with Crippen LogP contribution in [-0.2, 0) is 0 Å². The van der Waals surface area contributed by atoms with E-state index in [1.807, 2.05) is 0 Å². The highest BCUT2D eigenvalue weighted by Gasteiger charge is 2.14. The van der Waals surface area contributed by atoms with Gasteiger partial charge in [0.25, 0.3) is 5.91 Å². The summed E-state index contributed by atoms with van der Waals surface area (Å²) in [5.41, 5.74) is 1.10. The van der Waals surface area contributed by atoms with E-state index in [-0.39, 0.29) is 16.9 Å². The first-order valence-electron chi connectivity index (χ1n) is 9.33. The third-order valence-corrected chi connectivity index (χ3v) is 4.45. The van der Waals surface area contributed by atoms with Crippen LogP contribution >= 0.6 is 0 Å². The van der Waals surface area contributed by atoms with Crippen LogP contribution in [0.1, 0.15) is 10.4 Å². The summed E-state index contributed by atoms with van der Waals surface area (Å²) in [6, 6.07) is 16.6. The fourth-order valence-electron chi connectivity index (χ4n) is 2.95. The number of phenolic OH excluding ortho intramolecular Hbond substituents is 1. The number of carbonyl (C=O) groups excluding carboxylic acids is 1. The highest BCUT2D eigenvalue weighted by atomic mass is 16.5. The Balaban J connectivity index is 1.89. The van der Waals surface area contributed by atoms with Gasteiger partial charge in [-0.2, -0.15) is 0 Å². The normalized spacial score (nSPS) is 11.4. The molecular weight excluding hydrogens is 398 g/mol. The second-order valence-corrected chi connectivity index (χ2v) is 6.54. The number of ether oxygens (including phenoxy) is 2. The van der Waals surface area contributed by atoms with Gasteiger partial charge in [-0.15, -0.1) is 0 Å². The minimum absolute atomic E-state index is 0.0379. The molecule has 8 nitrogen and oxygen atoms in total. The van der Waals surface area contributed by atoms with E-state index in [9.17, 15) is 9.90 Å². The second kappa shape index (κ2) is 8.58. The summed E-state index contributed by atoms with van der Waals surface area (Å²) in [7, 11) is 3.07. The molecule has 4 aromatic rings. The largest absolute Gasteiger partial charge is 0.508 e. The van der Waals surface area contributed by atoms with Gasteiger partial charge in [0.2, 0.25) is 5.55 Å². The van der Waals surface area contributed by atoms with Gasteiger partial charge in [-0.1, -0.05) is 6.07 Å². The molecule has 0 unspecified atom stereocenters. The molecular formula is C23H19N3O5. The summed E-state index contributed by atoms with van der Waals surface area (Å²) < 4.78 is 16.5. The van der Waals surface area contributed by atoms with Crippen LogP contribution in [0.4, 0.5) is 11.5 Å². The minimum atomic E-state index is -0.439. The van der Waals surface area contributed by atoms with E-state index in [2.05, 4.69) is 15.3 Å². The molecule has 0 saturated carbocycles. The van der Waals surface area contributed by atoms with Gasteiger partial charge in [-0.25, -0.2) is 9.98 Å². The Morgan fingerprint density at radius 3 is 2.48 bits per heavy atom. The van der Waals surface area contributed by atoms with Crippen LogP contribution in [0.5, 0.6) is 17.2 Å². The highest BCUT2D eigenvalue weighted by Crippen LogP contribution is 2.28. The molecule has 0 aliphatic rings. The van der Waals surface area contributed by atoms with Gasteiger partial charge < -0.3 is 24.3 Å². The SMILES string of the molecule is COc1cc(N=c2oc3cc(O)ccc3cc2C(=O)Nc2ccccn2)cc(OC)c1. The predicted octanol–water partition coefficient (Wildman–Crippen LogP) is 4.04. The first-order chi connectivity index (χ1) is 15.1. The maximum atomic E-state index is 13.0. The number of fused-ring (bicyclic) bond motifs is 1. The molecule has 2 N–H and O–H groups in total. The molecule has 0 atom stereocenters. The quantitative estimate of drug-likeness (QED) is 0.508. The summed E-state index contributed by atoms with van der Waals surface area (Å²) in [6.45, 7) is 0. The zero-order valence-corrected chi connectivity index (χ0v) is 16.8. The summed E-state index contributed by atoms with van der Waals surface area (Å²) >= 11 is 0. The lowest BCUT2D eigenvalue weighted by molar-refractivity contribution is 0.102. The molecule has 0 bridgehead atoms. The van der Waals surface area contributed by atoms with Crippen molar-refractivity contribution in [3.05, 3.63) is 78.0 Å². The van der Waals surface area contributed by atoms with Gasteiger partial charge in [0.05, 0.1) is 19.9 Å². The fraction of sp³-hybridized carbons (Fsp3) is 0.0870. The van der Waals surface area contributed by atoms with Gasteiger partial charge in [-0.05, 0) is 30.3 Å². The Morgan fingerprint density at radius 2 is 1.81 bits per heavy atom. The zero-order chi connectivity index (χ0) is 21.8. The minimum Gasteiger partial charge on any atom is -0.508 e. The monoisotopic (exact) mass is 417 g/mol. The molecule has 0 spiro atoms. The number of pyridine rings is 1. The molecule has 0 radical (unpaired) electrons. The maximum Gasteiger partial charge on any atom is 0.262 e. The topological polar surface area (TPSA) is 106 Å². The van der Waals surface area contributed by atoms with Crippen LogP contribution in [0.2, 0.25) is 0 Å². The highest BCUT2D eigenvalue weighted by molar-refractivity contribution is 6.05. The molecule has 1 amide bonds. The van der Waals surface area contributed by atoms with E-state index >= 15 is 0 Å². The van der Waals surface area contributed by atoms with E-state index in [4.69, 9.17) is 13.9 Å². The number of carbonyl (C=O) groups is 1. The number of methoxy groups -OCH3 is 2. The predicted molar refractivity (Wildman–Crippen MR) is 115 cm³/mol. The number of phenols is 1. The Kier molecular flexibility index (Phi) is 5.53. The van der Waals surface area contributed by atoms with Crippen LogP contribution in [0.15, 0.2) is 76.3 Å². The molecule has 2 heterocycles. The molecule has 4 rings (SSSR count). The number of aromatic nitrogens is 1. The molecule has 0 saturated heterocycles. The van der Waals surface area contributed by atoms with Gasteiger partial charge >= 0.3 is 0 Å². The van der Waals surface area contributed by atoms with Crippen molar-refractivity contribution in [2.75, 3.05) is 19.5 Å². The number of benzene rings is 2. The lowest BCUT2D eigenvalue weighted by atomic mass is 10.1. The zero-order valence-electron chi connectivity index (χ0n) is 16.8. The van der Waals surface area contributed by atoms with E-state index in [1.165, 1.54) is 26.4 Å². The first-order valence-corrected chi connectivity index (χ1v) is 9.33. The molecule has 2 aromatic heterocycles. The summed E-state index contributed by atoms with van der Waals surface area (Å²) in [4.78, 5) is 21.6. The summed E-state index contributed by atoms with van der Waals surface area (Å²) in [6.07, 6.45) is 1.58. The van der Waals surface area contributed by atoms with Crippen molar-refractivity contribution in [3.63, 3.8) is 0 Å². The first kappa shape index (κ1) is 20.0. The van der Waals surface area contributed by atoms with Crippen LogP contribution < -0.4 is 20.3 Å². The van der Waals surface area contributed by atoms with Crippen molar-refractivity contribution >= 4 is 28.4 Å². The van der Waals surface area contributed by atoms with Crippen LogP contribution in [-0.4, -0.2) is 30.2 Å². The molecule has 0 aliphatic heterocycles. The number of anilines is 1. The van der Waals surface area contributed by atoms with E-state index in [0.717, 1.165) is 0 Å². The van der Waals surface area contributed by atoms with Crippen molar-refractivity contribution in [2.24, 2.45) is 4.99 Å². The molecule has 2 aromatic carbocycles. The van der Waals surface area contributed by atoms with E-state index < -0.39 is 5.91 Å². The summed E-state index contributed by atoms with van der Waals surface area (Å²) in [5, 5.41) is 13.2. The Labute approximate surface area is 177 Å². The number of nitrogens with zero attached hydrogens (tertiary/aromatic N) is 2. The molecule has 0 fully saturated rings. The second-order valence-electron chi connectivity index (χ2n) is 6.54. The van der Waals surface area contributed by atoms with Crippen LogP contribution in [0.3, 0.4) is 0 Å². The molecule has 8 heteroatoms. The Bertz CT molecular complexity index is 1290. The van der Waals surface area contributed by atoms with Crippen molar-refractivity contribution < 1.29 is 23.8 Å². The Hall–Kier alpha value is -4.33. The number of hydrogen-bond acceptors (Lipinski definition) is 7.